The average Bonchev–Trinajstić information content (AvgIpc) is 3.03. The molecule has 0 bridgehead atoms. The van der Waals surface area contributed by atoms with Crippen LogP contribution in [0, 0.1) is 22.2 Å². The van der Waals surface area contributed by atoms with Crippen LogP contribution in [0.25, 0.3) is 11.0 Å². The van der Waals surface area contributed by atoms with E-state index >= 15 is 0 Å². The van der Waals surface area contributed by atoms with Crippen LogP contribution < -0.4 is 0 Å². The highest BCUT2D eigenvalue weighted by Gasteiger charge is 2.21. The maximum Gasteiger partial charge on any atom is 0.254 e. The lowest BCUT2D eigenvalue weighted by atomic mass is 10.1. The van der Waals surface area contributed by atoms with Crippen molar-refractivity contribution in [3.63, 3.8) is 0 Å². The summed E-state index contributed by atoms with van der Waals surface area (Å²) in [6, 6.07) is 10.5. The maximum absolute atomic E-state index is 13.9. The molecule has 0 saturated heterocycles. The highest BCUT2D eigenvalue weighted by Crippen LogP contribution is 2.22. The number of halogens is 2. The molecule has 3 rings (SSSR count). The molecule has 0 saturated carbocycles. The summed E-state index contributed by atoms with van der Waals surface area (Å²) in [7, 11) is 0. The minimum absolute atomic E-state index is 0.00912. The lowest BCUT2D eigenvalue weighted by Gasteiger charge is -2.24. The quantitative estimate of drug-likeness (QED) is 0.332. The average molecular weight is 521 g/mol. The van der Waals surface area contributed by atoms with E-state index < -0.39 is 0 Å². The molecule has 2 aromatic carbocycles. The Balaban J connectivity index is 1.97. The van der Waals surface area contributed by atoms with E-state index in [9.17, 15) is 9.18 Å². The summed E-state index contributed by atoms with van der Waals surface area (Å²) >= 11 is 2.27. The molecule has 0 aliphatic rings. The van der Waals surface area contributed by atoms with E-state index in [0.717, 1.165) is 45.4 Å². The van der Waals surface area contributed by atoms with Gasteiger partial charge in [0.05, 0.1) is 17.6 Å². The molecule has 1 amide bonds. The number of amides is 1. The van der Waals surface area contributed by atoms with Gasteiger partial charge in [-0.15, -0.1) is 0 Å². The van der Waals surface area contributed by atoms with Gasteiger partial charge in [-0.25, -0.2) is 9.37 Å². The first-order chi connectivity index (χ1) is 14.3. The van der Waals surface area contributed by atoms with E-state index in [-0.39, 0.29) is 11.7 Å². The second kappa shape index (κ2) is 9.90. The first-order valence-electron chi connectivity index (χ1n) is 10.5. The van der Waals surface area contributed by atoms with Crippen molar-refractivity contribution in [1.29, 1.82) is 0 Å². The van der Waals surface area contributed by atoms with E-state index in [1.807, 2.05) is 34.6 Å². The smallest absolute Gasteiger partial charge is 0.254 e. The van der Waals surface area contributed by atoms with Crippen LogP contribution in [0.1, 0.15) is 55.4 Å². The topological polar surface area (TPSA) is 38.1 Å². The van der Waals surface area contributed by atoms with Gasteiger partial charge in [-0.2, -0.15) is 0 Å². The molecule has 0 spiro atoms. The molecule has 0 radical (unpaired) electrons. The predicted molar refractivity (Wildman–Crippen MR) is 128 cm³/mol. The lowest BCUT2D eigenvalue weighted by molar-refractivity contribution is 0.0729. The number of rotatable bonds is 8. The van der Waals surface area contributed by atoms with Crippen molar-refractivity contribution in [2.45, 2.75) is 53.6 Å². The summed E-state index contributed by atoms with van der Waals surface area (Å²) in [4.78, 5) is 20.0. The molecule has 0 N–H and O–H groups in total. The van der Waals surface area contributed by atoms with Crippen LogP contribution in [0.2, 0.25) is 0 Å². The molecular weight excluding hydrogens is 492 g/mol. The van der Waals surface area contributed by atoms with E-state index in [0.29, 0.717) is 24.6 Å². The van der Waals surface area contributed by atoms with Crippen molar-refractivity contribution >= 4 is 39.5 Å². The zero-order chi connectivity index (χ0) is 21.8. The monoisotopic (exact) mass is 521 g/mol. The zero-order valence-electron chi connectivity index (χ0n) is 18.1. The number of fused-ring (bicyclic) bond motifs is 1. The third-order valence-electron chi connectivity index (χ3n) is 5.25. The molecule has 3 aromatic rings. The van der Waals surface area contributed by atoms with Crippen LogP contribution in [-0.2, 0) is 13.1 Å². The lowest BCUT2D eigenvalue weighted by Crippen LogP contribution is -2.33. The molecule has 160 valence electrons. The number of imidazole rings is 1. The second-order valence-corrected chi connectivity index (χ2v) is 9.35. The fourth-order valence-electron chi connectivity index (χ4n) is 3.49. The van der Waals surface area contributed by atoms with Gasteiger partial charge in [0.15, 0.2) is 0 Å². The fourth-order valence-corrected chi connectivity index (χ4v) is 4.00. The number of aryl methyl sites for hydroxylation is 2. The number of hydrogen-bond acceptors (Lipinski definition) is 2. The van der Waals surface area contributed by atoms with Gasteiger partial charge in [-0.05, 0) is 84.2 Å². The van der Waals surface area contributed by atoms with E-state index in [1.54, 1.807) is 6.07 Å². The normalized spacial score (nSPS) is 11.4. The summed E-state index contributed by atoms with van der Waals surface area (Å²) in [6.45, 7) is 10.3. The van der Waals surface area contributed by atoms with E-state index in [2.05, 4.69) is 43.4 Å². The Morgan fingerprint density at radius 2 is 2.00 bits per heavy atom. The summed E-state index contributed by atoms with van der Waals surface area (Å²) in [5.74, 6) is 1.03. The minimum atomic E-state index is -0.270. The van der Waals surface area contributed by atoms with Crippen molar-refractivity contribution in [3.05, 3.63) is 62.7 Å². The molecule has 6 heteroatoms. The number of nitrogens with zero attached hydrogens (tertiary/aromatic N) is 3. The molecular formula is C24H29FIN3O. The first kappa shape index (κ1) is 22.7. The molecule has 4 nitrogen and oxygen atoms in total. The number of benzene rings is 2. The molecule has 0 unspecified atom stereocenters. The maximum atomic E-state index is 13.9. The largest absolute Gasteiger partial charge is 0.331 e. The van der Waals surface area contributed by atoms with Gasteiger partial charge in [0.1, 0.15) is 11.6 Å². The number of aromatic nitrogens is 2. The Labute approximate surface area is 191 Å². The predicted octanol–water partition coefficient (Wildman–Crippen LogP) is 6.19. The highest BCUT2D eigenvalue weighted by atomic mass is 127. The standard InChI is InChI=1S/C24H29FIN3O/c1-5-11-29-22-14-19(25)8-9-21(22)27-23(29)15-28(12-10-16(2)3)24(30)18-7-6-17(4)20(26)13-18/h6-9,13-14,16H,5,10-12,15H2,1-4H3. The van der Waals surface area contributed by atoms with Gasteiger partial charge in [-0.3, -0.25) is 4.79 Å². The zero-order valence-corrected chi connectivity index (χ0v) is 20.2. The summed E-state index contributed by atoms with van der Waals surface area (Å²) < 4.78 is 17.0. The van der Waals surface area contributed by atoms with Gasteiger partial charge < -0.3 is 9.47 Å². The summed E-state index contributed by atoms with van der Waals surface area (Å²) in [6.07, 6.45) is 1.82. The summed E-state index contributed by atoms with van der Waals surface area (Å²) in [5, 5.41) is 0. The van der Waals surface area contributed by atoms with Crippen molar-refractivity contribution in [2.75, 3.05) is 6.54 Å². The van der Waals surface area contributed by atoms with Gasteiger partial charge in [-0.1, -0.05) is 26.8 Å². The minimum Gasteiger partial charge on any atom is -0.331 e. The van der Waals surface area contributed by atoms with Crippen LogP contribution in [0.5, 0.6) is 0 Å². The van der Waals surface area contributed by atoms with Crippen molar-refractivity contribution in [2.24, 2.45) is 5.92 Å². The molecule has 1 heterocycles. The van der Waals surface area contributed by atoms with Crippen LogP contribution in [-0.4, -0.2) is 26.9 Å². The van der Waals surface area contributed by atoms with E-state index in [1.165, 1.54) is 12.1 Å². The highest BCUT2D eigenvalue weighted by molar-refractivity contribution is 14.1. The van der Waals surface area contributed by atoms with Crippen LogP contribution >= 0.6 is 22.6 Å². The Morgan fingerprint density at radius 3 is 2.67 bits per heavy atom. The molecule has 0 atom stereocenters. The number of carbonyl (C=O) groups is 1. The number of hydrogen-bond donors (Lipinski definition) is 0. The molecule has 0 fully saturated rings. The first-order valence-corrected chi connectivity index (χ1v) is 11.6. The SMILES string of the molecule is CCCn1c(CN(CCC(C)C)C(=O)c2ccc(C)c(I)c2)nc2ccc(F)cc21. The Kier molecular flexibility index (Phi) is 7.50. The summed E-state index contributed by atoms with van der Waals surface area (Å²) in [5.41, 5.74) is 3.40. The van der Waals surface area contributed by atoms with Crippen molar-refractivity contribution in [3.8, 4) is 0 Å². The van der Waals surface area contributed by atoms with Gasteiger partial charge in [0.25, 0.3) is 5.91 Å². The van der Waals surface area contributed by atoms with Crippen molar-refractivity contribution in [1.82, 2.24) is 14.5 Å². The molecule has 0 aliphatic carbocycles. The van der Waals surface area contributed by atoms with Crippen LogP contribution in [0.15, 0.2) is 36.4 Å². The van der Waals surface area contributed by atoms with Gasteiger partial charge in [0, 0.05) is 22.2 Å². The third-order valence-corrected chi connectivity index (χ3v) is 6.41. The Hall–Kier alpha value is -1.96. The van der Waals surface area contributed by atoms with Crippen molar-refractivity contribution < 1.29 is 9.18 Å². The second-order valence-electron chi connectivity index (χ2n) is 8.19. The molecule has 0 aliphatic heterocycles. The van der Waals surface area contributed by atoms with E-state index in [4.69, 9.17) is 4.98 Å². The fraction of sp³-hybridized carbons (Fsp3) is 0.417. The third kappa shape index (κ3) is 5.20. The number of carbonyl (C=O) groups excluding carboxylic acids is 1. The Bertz CT molecular complexity index is 1040. The molecule has 30 heavy (non-hydrogen) atoms. The molecule has 1 aromatic heterocycles. The van der Waals surface area contributed by atoms with Gasteiger partial charge >= 0.3 is 0 Å². The Morgan fingerprint density at radius 1 is 1.23 bits per heavy atom. The van der Waals surface area contributed by atoms with Crippen LogP contribution in [0.3, 0.4) is 0 Å². The van der Waals surface area contributed by atoms with Gasteiger partial charge in [0.2, 0.25) is 0 Å². The van der Waals surface area contributed by atoms with Crippen LogP contribution in [0.4, 0.5) is 4.39 Å².